The van der Waals surface area contributed by atoms with Crippen LogP contribution in [0, 0.1) is 18.9 Å². The molecule has 0 bridgehead atoms. The quantitative estimate of drug-likeness (QED) is 0.0860. The summed E-state index contributed by atoms with van der Waals surface area (Å²) in [4.78, 5) is 14.8. The number of aliphatic hydroxyl groups is 1. The van der Waals surface area contributed by atoms with Crippen molar-refractivity contribution in [1.29, 1.82) is 0 Å². The number of carbonyl (C=O) groups is 1. The van der Waals surface area contributed by atoms with Gasteiger partial charge in [-0.15, -0.1) is 29.1 Å². The van der Waals surface area contributed by atoms with Crippen LogP contribution in [0.5, 0.6) is 0 Å². The van der Waals surface area contributed by atoms with Crippen LogP contribution in [0.3, 0.4) is 0 Å². The summed E-state index contributed by atoms with van der Waals surface area (Å²) in [5, 5.41) is 15.6. The van der Waals surface area contributed by atoms with Gasteiger partial charge in [0, 0.05) is 48.8 Å². The van der Waals surface area contributed by atoms with Crippen LogP contribution in [0.25, 0.3) is 54.7 Å². The summed E-state index contributed by atoms with van der Waals surface area (Å²) in [6, 6.07) is 27.3. The molecule has 5 heteroatoms. The van der Waals surface area contributed by atoms with Gasteiger partial charge in [-0.25, -0.2) is 0 Å². The molecule has 2 heterocycles. The Morgan fingerprint density at radius 3 is 2.40 bits per heavy atom. The maximum Gasteiger partial charge on any atom is 0.155 e. The van der Waals surface area contributed by atoms with Crippen molar-refractivity contribution >= 4 is 49.3 Å². The molecule has 4 nitrogen and oxygen atoms in total. The number of nitrogens with zero attached hydrogens (tertiary/aromatic N) is 1. The largest absolute Gasteiger partial charge is 0.512 e. The summed E-state index contributed by atoms with van der Waals surface area (Å²) in [5.41, 5.74) is 6.10. The predicted molar refractivity (Wildman–Crippen MR) is 161 cm³/mol. The molecule has 0 unspecified atom stereocenters. The van der Waals surface area contributed by atoms with Gasteiger partial charge in [0.15, 0.2) is 5.78 Å². The van der Waals surface area contributed by atoms with E-state index in [1.165, 1.54) is 41.6 Å². The third-order valence-corrected chi connectivity index (χ3v) is 6.74. The Hall–Kier alpha value is -3.79. The molecule has 0 spiro atoms. The molecule has 1 radical (unpaired) electrons. The van der Waals surface area contributed by atoms with E-state index < -0.39 is 0 Å². The molecular formula is C35H32IrNO3-. The molecule has 6 aromatic rings. The van der Waals surface area contributed by atoms with Gasteiger partial charge in [-0.05, 0) is 55.5 Å². The first-order valence-corrected chi connectivity index (χ1v) is 13.2. The van der Waals surface area contributed by atoms with Gasteiger partial charge >= 0.3 is 0 Å². The molecule has 2 aromatic heterocycles. The van der Waals surface area contributed by atoms with Crippen molar-refractivity contribution < 1.29 is 34.4 Å². The van der Waals surface area contributed by atoms with Crippen LogP contribution in [0.15, 0.2) is 89.2 Å². The van der Waals surface area contributed by atoms with Crippen molar-refractivity contribution in [2.24, 2.45) is 5.92 Å². The molecule has 0 saturated carbocycles. The van der Waals surface area contributed by atoms with E-state index in [1.54, 1.807) is 0 Å². The number of allylic oxidation sites excluding steroid dienone is 2. The number of aliphatic hydroxyl groups excluding tert-OH is 1. The monoisotopic (exact) mass is 707 g/mol. The summed E-state index contributed by atoms with van der Waals surface area (Å²) in [5.74, 6) is 0.484. The number of benzene rings is 4. The number of rotatable bonds is 4. The maximum atomic E-state index is 10.0. The molecule has 0 aliphatic heterocycles. The number of hydrogen-bond acceptors (Lipinski definition) is 4. The zero-order valence-electron chi connectivity index (χ0n) is 23.3. The van der Waals surface area contributed by atoms with Gasteiger partial charge in [0.1, 0.15) is 11.2 Å². The molecule has 205 valence electrons. The summed E-state index contributed by atoms with van der Waals surface area (Å²) in [6.45, 7) is 9.48. The number of carbonyl (C=O) groups excluding carboxylic acids is 1. The molecule has 0 amide bonds. The maximum absolute atomic E-state index is 10.0. The van der Waals surface area contributed by atoms with Gasteiger partial charge < -0.3 is 9.52 Å². The first-order valence-electron chi connectivity index (χ1n) is 13.2. The molecule has 0 atom stereocenters. The number of hydrogen-bond donors (Lipinski definition) is 1. The summed E-state index contributed by atoms with van der Waals surface area (Å²) in [6.07, 6.45) is 4.05. The van der Waals surface area contributed by atoms with E-state index in [1.807, 2.05) is 12.3 Å². The van der Waals surface area contributed by atoms with E-state index in [0.717, 1.165) is 50.6 Å². The molecule has 40 heavy (non-hydrogen) atoms. The molecule has 0 fully saturated rings. The van der Waals surface area contributed by atoms with Gasteiger partial charge in [-0.2, -0.15) is 0 Å². The van der Waals surface area contributed by atoms with Crippen molar-refractivity contribution in [1.82, 2.24) is 4.98 Å². The summed E-state index contributed by atoms with van der Waals surface area (Å²) in [7, 11) is 0. The Morgan fingerprint density at radius 1 is 0.975 bits per heavy atom. The first-order chi connectivity index (χ1) is 18.7. The third kappa shape index (κ3) is 5.86. The SMILES string of the molecule is CC(=O)/C=C(/C)O.Cc1cccc2c1oc1c(-c3[c-]c4ccc5ccccc5c4c(CC(C)C)c3)nccc12.[Ir]. The van der Waals surface area contributed by atoms with Crippen LogP contribution in [-0.4, -0.2) is 15.9 Å². The number of ketones is 1. The molecule has 0 saturated heterocycles. The van der Waals surface area contributed by atoms with E-state index >= 15 is 0 Å². The third-order valence-electron chi connectivity index (χ3n) is 6.74. The normalized spacial score (nSPS) is 11.6. The summed E-state index contributed by atoms with van der Waals surface area (Å²) >= 11 is 0. The minimum atomic E-state index is -0.125. The number of furan rings is 1. The second-order valence-electron chi connectivity index (χ2n) is 10.5. The van der Waals surface area contributed by atoms with Gasteiger partial charge in [-0.1, -0.05) is 73.3 Å². The van der Waals surface area contributed by atoms with E-state index in [2.05, 4.69) is 87.5 Å². The average molecular weight is 707 g/mol. The summed E-state index contributed by atoms with van der Waals surface area (Å²) < 4.78 is 6.39. The van der Waals surface area contributed by atoms with E-state index in [4.69, 9.17) is 14.5 Å². The van der Waals surface area contributed by atoms with E-state index in [-0.39, 0.29) is 31.6 Å². The molecular weight excluding hydrogens is 675 g/mol. The minimum Gasteiger partial charge on any atom is -0.512 e. The molecule has 0 aliphatic carbocycles. The Morgan fingerprint density at radius 2 is 1.70 bits per heavy atom. The molecule has 6 rings (SSSR count). The first kappa shape index (κ1) is 29.2. The number of para-hydroxylation sites is 1. The van der Waals surface area contributed by atoms with E-state index in [0.29, 0.717) is 5.92 Å². The van der Waals surface area contributed by atoms with Crippen LogP contribution >= 0.6 is 0 Å². The average Bonchev–Trinajstić information content (AvgIpc) is 3.28. The fourth-order valence-corrected chi connectivity index (χ4v) is 5.23. The Labute approximate surface area is 248 Å². The molecule has 4 aromatic carbocycles. The minimum absolute atomic E-state index is 0. The number of aromatic nitrogens is 1. The van der Waals surface area contributed by atoms with Crippen LogP contribution in [0.2, 0.25) is 0 Å². The number of pyridine rings is 1. The van der Waals surface area contributed by atoms with Crippen LogP contribution in [-0.2, 0) is 31.3 Å². The van der Waals surface area contributed by atoms with Crippen molar-refractivity contribution in [3.8, 4) is 11.3 Å². The zero-order chi connectivity index (χ0) is 27.7. The standard InChI is InChI=1S/C30H24NO.C5H8O2.Ir/c1-18(2)15-22-17-23(16-21-12-11-20-8-4-5-9-24(20)27(21)22)28-30-26(13-14-31-28)25-10-6-7-19(3)29(25)32-30;1-4(6)3-5(2)7;/h4-14,17-18H,15H2,1-3H3;3,6H,1-2H3;/q-1;;/b;4-3-;. The Kier molecular flexibility index (Phi) is 8.88. The van der Waals surface area contributed by atoms with Crippen LogP contribution in [0.4, 0.5) is 0 Å². The molecule has 0 aliphatic rings. The van der Waals surface area contributed by atoms with Crippen molar-refractivity contribution in [3.05, 3.63) is 102 Å². The Bertz CT molecular complexity index is 1880. The number of aryl methyl sites for hydroxylation is 1. The van der Waals surface area contributed by atoms with Gasteiger partial charge in [0.05, 0.1) is 5.76 Å². The number of fused-ring (bicyclic) bond motifs is 6. The zero-order valence-corrected chi connectivity index (χ0v) is 25.7. The van der Waals surface area contributed by atoms with E-state index in [9.17, 15) is 4.79 Å². The fraction of sp³-hybridized carbons (Fsp3) is 0.200. The fourth-order valence-electron chi connectivity index (χ4n) is 5.23. The van der Waals surface area contributed by atoms with Gasteiger partial charge in [-0.3, -0.25) is 9.78 Å². The topological polar surface area (TPSA) is 63.3 Å². The van der Waals surface area contributed by atoms with Gasteiger partial charge in [0.2, 0.25) is 0 Å². The second kappa shape index (κ2) is 12.2. The van der Waals surface area contributed by atoms with Crippen LogP contribution in [0.1, 0.15) is 38.8 Å². The Balaban J connectivity index is 0.000000413. The van der Waals surface area contributed by atoms with Gasteiger partial charge in [0.25, 0.3) is 0 Å². The second-order valence-corrected chi connectivity index (χ2v) is 10.5. The van der Waals surface area contributed by atoms with Crippen molar-refractivity contribution in [2.45, 2.75) is 41.0 Å². The predicted octanol–water partition coefficient (Wildman–Crippen LogP) is 9.30. The smallest absolute Gasteiger partial charge is 0.155 e. The molecule has 1 N–H and O–H groups in total. The van der Waals surface area contributed by atoms with Crippen LogP contribution < -0.4 is 0 Å². The van der Waals surface area contributed by atoms with Crippen molar-refractivity contribution in [2.75, 3.05) is 0 Å². The van der Waals surface area contributed by atoms with Crippen molar-refractivity contribution in [3.63, 3.8) is 0 Å².